The maximum atomic E-state index is 10.6. The number of ether oxygens (including phenoxy) is 1. The third-order valence-corrected chi connectivity index (χ3v) is 4.45. The highest BCUT2D eigenvalue weighted by atomic mass is 16.5. The number of nitrogens with zero attached hydrogens (tertiary/aromatic N) is 1. The first kappa shape index (κ1) is 16.9. The van der Waals surface area contributed by atoms with E-state index in [9.17, 15) is 5.11 Å². The number of nitrogens with one attached hydrogen (secondary N) is 1. The van der Waals surface area contributed by atoms with Gasteiger partial charge < -0.3 is 15.2 Å². The normalized spacial score (nSPS) is 19.2. The Morgan fingerprint density at radius 3 is 2.62 bits per heavy atom. The van der Waals surface area contributed by atoms with E-state index in [-0.39, 0.29) is 6.10 Å². The van der Waals surface area contributed by atoms with Crippen LogP contribution in [0, 0.1) is 5.92 Å². The molecule has 1 fully saturated rings. The van der Waals surface area contributed by atoms with Crippen LogP contribution in [0.15, 0.2) is 42.7 Å². The van der Waals surface area contributed by atoms with Gasteiger partial charge in [-0.05, 0) is 50.4 Å². The van der Waals surface area contributed by atoms with Crippen molar-refractivity contribution in [1.29, 1.82) is 0 Å². The van der Waals surface area contributed by atoms with Crippen LogP contribution in [-0.4, -0.2) is 29.3 Å². The molecule has 2 heterocycles. The second kappa shape index (κ2) is 7.77. The fraction of sp³-hybridized carbons (Fsp3) is 0.450. The zero-order valence-corrected chi connectivity index (χ0v) is 14.4. The van der Waals surface area contributed by atoms with Crippen LogP contribution in [0.1, 0.15) is 38.4 Å². The van der Waals surface area contributed by atoms with E-state index in [0.717, 1.165) is 48.4 Å². The van der Waals surface area contributed by atoms with Gasteiger partial charge in [-0.1, -0.05) is 24.3 Å². The van der Waals surface area contributed by atoms with Crippen molar-refractivity contribution in [3.05, 3.63) is 48.3 Å². The molecule has 1 aliphatic rings. The van der Waals surface area contributed by atoms with E-state index in [1.807, 2.05) is 50.4 Å². The van der Waals surface area contributed by atoms with Crippen molar-refractivity contribution in [3.8, 4) is 16.9 Å². The third kappa shape index (κ3) is 4.13. The average Bonchev–Trinajstić information content (AvgIpc) is 2.62. The van der Waals surface area contributed by atoms with Crippen molar-refractivity contribution in [1.82, 2.24) is 10.3 Å². The van der Waals surface area contributed by atoms with Gasteiger partial charge in [0.1, 0.15) is 5.75 Å². The van der Waals surface area contributed by atoms with Crippen LogP contribution in [0.5, 0.6) is 5.75 Å². The lowest BCUT2D eigenvalue weighted by atomic mass is 9.89. The number of piperidine rings is 1. The summed E-state index contributed by atoms with van der Waals surface area (Å²) in [6, 6.07) is 10.1. The Balaban J connectivity index is 1.74. The van der Waals surface area contributed by atoms with Gasteiger partial charge >= 0.3 is 0 Å². The molecule has 1 saturated heterocycles. The van der Waals surface area contributed by atoms with Gasteiger partial charge in [0.05, 0.1) is 18.4 Å². The van der Waals surface area contributed by atoms with E-state index in [4.69, 9.17) is 4.74 Å². The average molecular weight is 326 g/mol. The fourth-order valence-corrected chi connectivity index (χ4v) is 3.21. The highest BCUT2D eigenvalue weighted by molar-refractivity contribution is 5.64. The molecule has 4 nitrogen and oxygen atoms in total. The molecule has 2 atom stereocenters. The lowest BCUT2D eigenvalue weighted by Crippen LogP contribution is -2.33. The SMILES string of the molecule is CC(C)Oc1cncc(-c2ccc(C(O)C3CCCNC3)cc2)c1. The lowest BCUT2D eigenvalue weighted by molar-refractivity contribution is 0.0922. The van der Waals surface area contributed by atoms with Gasteiger partial charge in [0.2, 0.25) is 0 Å². The van der Waals surface area contributed by atoms with Crippen LogP contribution in [0.2, 0.25) is 0 Å². The van der Waals surface area contributed by atoms with Crippen LogP contribution < -0.4 is 10.1 Å². The molecule has 1 aromatic heterocycles. The molecule has 24 heavy (non-hydrogen) atoms. The summed E-state index contributed by atoms with van der Waals surface area (Å²) < 4.78 is 5.71. The van der Waals surface area contributed by atoms with E-state index in [1.165, 1.54) is 0 Å². The highest BCUT2D eigenvalue weighted by Gasteiger charge is 2.22. The minimum atomic E-state index is -0.402. The summed E-state index contributed by atoms with van der Waals surface area (Å²) in [6.07, 6.45) is 5.51. The molecule has 0 saturated carbocycles. The largest absolute Gasteiger partial charge is 0.489 e. The highest BCUT2D eigenvalue weighted by Crippen LogP contribution is 2.29. The Labute approximate surface area is 143 Å². The summed E-state index contributed by atoms with van der Waals surface area (Å²) in [7, 11) is 0. The standard InChI is InChI=1S/C20H26N2O2/c1-14(2)24-19-10-18(12-22-13-19)15-5-7-16(8-6-15)20(23)17-4-3-9-21-11-17/h5-8,10,12-14,17,20-21,23H,3-4,9,11H2,1-2H3. The molecule has 0 aliphatic carbocycles. The van der Waals surface area contributed by atoms with Crippen molar-refractivity contribution in [2.45, 2.75) is 38.9 Å². The summed E-state index contributed by atoms with van der Waals surface area (Å²) in [5.74, 6) is 1.08. The molecule has 0 spiro atoms. The van der Waals surface area contributed by atoms with Crippen molar-refractivity contribution < 1.29 is 9.84 Å². The molecule has 4 heteroatoms. The van der Waals surface area contributed by atoms with Gasteiger partial charge in [0.25, 0.3) is 0 Å². The molecular weight excluding hydrogens is 300 g/mol. The molecule has 128 valence electrons. The number of pyridine rings is 1. The minimum absolute atomic E-state index is 0.128. The zero-order chi connectivity index (χ0) is 16.9. The number of aliphatic hydroxyl groups is 1. The lowest BCUT2D eigenvalue weighted by Gasteiger charge is -2.27. The summed E-state index contributed by atoms with van der Waals surface area (Å²) in [4.78, 5) is 4.26. The van der Waals surface area contributed by atoms with E-state index in [2.05, 4.69) is 10.3 Å². The molecule has 1 aliphatic heterocycles. The van der Waals surface area contributed by atoms with Crippen LogP contribution >= 0.6 is 0 Å². The van der Waals surface area contributed by atoms with Gasteiger partial charge in [-0.2, -0.15) is 0 Å². The summed E-state index contributed by atoms with van der Waals surface area (Å²) in [6.45, 7) is 5.96. The molecule has 3 rings (SSSR count). The molecular formula is C20H26N2O2. The number of aliphatic hydroxyl groups excluding tert-OH is 1. The Kier molecular flexibility index (Phi) is 5.48. The molecule has 0 radical (unpaired) electrons. The van der Waals surface area contributed by atoms with Crippen LogP contribution in [0.3, 0.4) is 0 Å². The Bertz CT molecular complexity index is 649. The fourth-order valence-electron chi connectivity index (χ4n) is 3.21. The Morgan fingerprint density at radius 2 is 1.96 bits per heavy atom. The first-order chi connectivity index (χ1) is 11.6. The minimum Gasteiger partial charge on any atom is -0.489 e. The molecule has 2 aromatic rings. The number of rotatable bonds is 5. The topological polar surface area (TPSA) is 54.4 Å². The summed E-state index contributed by atoms with van der Waals surface area (Å²) >= 11 is 0. The molecule has 2 N–H and O–H groups in total. The first-order valence-corrected chi connectivity index (χ1v) is 8.74. The van der Waals surface area contributed by atoms with Gasteiger partial charge in [-0.3, -0.25) is 4.98 Å². The predicted molar refractivity (Wildman–Crippen MR) is 96.0 cm³/mol. The smallest absolute Gasteiger partial charge is 0.138 e. The number of hydrogen-bond donors (Lipinski definition) is 2. The summed E-state index contributed by atoms with van der Waals surface area (Å²) in [5, 5.41) is 13.9. The molecule has 0 amide bonds. The maximum Gasteiger partial charge on any atom is 0.138 e. The Morgan fingerprint density at radius 1 is 1.17 bits per heavy atom. The van der Waals surface area contributed by atoms with Crippen LogP contribution in [0.25, 0.3) is 11.1 Å². The van der Waals surface area contributed by atoms with Gasteiger partial charge in [0, 0.05) is 24.2 Å². The van der Waals surface area contributed by atoms with Crippen molar-refractivity contribution >= 4 is 0 Å². The van der Waals surface area contributed by atoms with E-state index in [0.29, 0.717) is 5.92 Å². The quantitative estimate of drug-likeness (QED) is 0.882. The monoisotopic (exact) mass is 326 g/mol. The van der Waals surface area contributed by atoms with Crippen molar-refractivity contribution in [2.75, 3.05) is 13.1 Å². The second-order valence-corrected chi connectivity index (χ2v) is 6.75. The summed E-state index contributed by atoms with van der Waals surface area (Å²) in [5.41, 5.74) is 3.08. The van der Waals surface area contributed by atoms with E-state index < -0.39 is 6.10 Å². The maximum absolute atomic E-state index is 10.6. The van der Waals surface area contributed by atoms with E-state index in [1.54, 1.807) is 6.20 Å². The zero-order valence-electron chi connectivity index (χ0n) is 14.4. The second-order valence-electron chi connectivity index (χ2n) is 6.75. The number of benzene rings is 1. The van der Waals surface area contributed by atoms with Gasteiger partial charge in [-0.25, -0.2) is 0 Å². The Hall–Kier alpha value is -1.91. The van der Waals surface area contributed by atoms with Crippen LogP contribution in [0.4, 0.5) is 0 Å². The number of hydrogen-bond acceptors (Lipinski definition) is 4. The van der Waals surface area contributed by atoms with E-state index >= 15 is 0 Å². The number of aromatic nitrogens is 1. The molecule has 0 bridgehead atoms. The third-order valence-electron chi connectivity index (χ3n) is 4.45. The molecule has 1 aromatic carbocycles. The first-order valence-electron chi connectivity index (χ1n) is 8.74. The van der Waals surface area contributed by atoms with Gasteiger partial charge in [0.15, 0.2) is 0 Å². The van der Waals surface area contributed by atoms with Crippen molar-refractivity contribution in [2.24, 2.45) is 5.92 Å². The van der Waals surface area contributed by atoms with Crippen molar-refractivity contribution in [3.63, 3.8) is 0 Å². The molecule has 2 unspecified atom stereocenters. The van der Waals surface area contributed by atoms with Crippen LogP contribution in [-0.2, 0) is 0 Å². The predicted octanol–water partition coefficient (Wildman–Crippen LogP) is 3.57. The van der Waals surface area contributed by atoms with Gasteiger partial charge in [-0.15, -0.1) is 0 Å².